The van der Waals surface area contributed by atoms with Gasteiger partial charge in [0.25, 0.3) is 0 Å². The lowest BCUT2D eigenvalue weighted by molar-refractivity contribution is 0.101. The lowest BCUT2D eigenvalue weighted by atomic mass is 10.0. The molecule has 0 saturated heterocycles. The van der Waals surface area contributed by atoms with Crippen molar-refractivity contribution in [2.24, 2.45) is 0 Å². The van der Waals surface area contributed by atoms with E-state index < -0.39 is 0 Å². The van der Waals surface area contributed by atoms with E-state index in [1.54, 1.807) is 19.1 Å². The van der Waals surface area contributed by atoms with E-state index in [9.17, 15) is 4.79 Å². The summed E-state index contributed by atoms with van der Waals surface area (Å²) in [5.41, 5.74) is 2.77. The highest BCUT2D eigenvalue weighted by Gasteiger charge is 2.07. The molecular formula is C20H16O2. The Morgan fingerprint density at radius 3 is 2.32 bits per heavy atom. The van der Waals surface area contributed by atoms with Crippen molar-refractivity contribution >= 4 is 5.78 Å². The number of para-hydroxylation sites is 1. The molecule has 0 radical (unpaired) electrons. The maximum Gasteiger partial charge on any atom is 0.159 e. The van der Waals surface area contributed by atoms with Gasteiger partial charge in [0.05, 0.1) is 0 Å². The van der Waals surface area contributed by atoms with Crippen LogP contribution in [0.4, 0.5) is 0 Å². The van der Waals surface area contributed by atoms with Crippen LogP contribution >= 0.6 is 0 Å². The zero-order valence-electron chi connectivity index (χ0n) is 12.3. The summed E-state index contributed by atoms with van der Waals surface area (Å²) in [6.45, 7) is 1.55. The molecule has 2 heteroatoms. The zero-order valence-corrected chi connectivity index (χ0v) is 12.3. The van der Waals surface area contributed by atoms with Gasteiger partial charge in [-0.05, 0) is 30.7 Å². The van der Waals surface area contributed by atoms with Gasteiger partial charge in [-0.3, -0.25) is 4.79 Å². The maximum atomic E-state index is 11.5. The number of hydrogen-bond donors (Lipinski definition) is 0. The number of benzene rings is 3. The first-order valence-electron chi connectivity index (χ1n) is 7.17. The van der Waals surface area contributed by atoms with Gasteiger partial charge in [-0.15, -0.1) is 0 Å². The van der Waals surface area contributed by atoms with E-state index >= 15 is 0 Å². The Morgan fingerprint density at radius 1 is 0.818 bits per heavy atom. The minimum atomic E-state index is 0.0294. The van der Waals surface area contributed by atoms with Crippen molar-refractivity contribution in [3.05, 3.63) is 84.4 Å². The average molecular weight is 288 g/mol. The van der Waals surface area contributed by atoms with E-state index in [1.165, 1.54) is 0 Å². The van der Waals surface area contributed by atoms with Gasteiger partial charge in [0, 0.05) is 11.1 Å². The number of rotatable bonds is 4. The Bertz CT molecular complexity index is 792. The second-order valence-electron chi connectivity index (χ2n) is 5.05. The van der Waals surface area contributed by atoms with Gasteiger partial charge in [0.15, 0.2) is 5.78 Å². The molecule has 3 aromatic carbocycles. The van der Waals surface area contributed by atoms with Gasteiger partial charge in [-0.2, -0.15) is 0 Å². The molecule has 0 atom stereocenters. The molecule has 2 nitrogen and oxygen atoms in total. The molecule has 22 heavy (non-hydrogen) atoms. The van der Waals surface area contributed by atoms with Gasteiger partial charge < -0.3 is 4.74 Å². The summed E-state index contributed by atoms with van der Waals surface area (Å²) < 4.78 is 6.00. The summed E-state index contributed by atoms with van der Waals surface area (Å²) in [7, 11) is 0. The van der Waals surface area contributed by atoms with Gasteiger partial charge in [-0.25, -0.2) is 0 Å². The molecule has 0 bridgehead atoms. The Labute approximate surface area is 130 Å². The van der Waals surface area contributed by atoms with Crippen LogP contribution < -0.4 is 4.74 Å². The van der Waals surface area contributed by atoms with Crippen molar-refractivity contribution in [3.63, 3.8) is 0 Å². The van der Waals surface area contributed by atoms with Gasteiger partial charge in [0.1, 0.15) is 11.5 Å². The third-order valence-electron chi connectivity index (χ3n) is 3.44. The lowest BCUT2D eigenvalue weighted by Gasteiger charge is -2.12. The molecule has 0 aliphatic rings. The lowest BCUT2D eigenvalue weighted by Crippen LogP contribution is -1.93. The third kappa shape index (κ3) is 3.07. The van der Waals surface area contributed by atoms with E-state index in [0.717, 1.165) is 16.9 Å². The highest BCUT2D eigenvalue weighted by atomic mass is 16.5. The molecule has 0 fully saturated rings. The molecule has 3 rings (SSSR count). The normalized spacial score (nSPS) is 10.2. The van der Waals surface area contributed by atoms with Gasteiger partial charge in [-0.1, -0.05) is 60.7 Å². The SMILES string of the molecule is CC(=O)c1cccc(Oc2ccccc2-c2ccccc2)c1. The molecule has 0 heterocycles. The van der Waals surface area contributed by atoms with E-state index in [4.69, 9.17) is 4.74 Å². The standard InChI is InChI=1S/C20H16O2/c1-15(21)17-10-7-11-18(14-17)22-20-13-6-5-12-19(20)16-8-3-2-4-9-16/h2-14H,1H3. The van der Waals surface area contributed by atoms with E-state index in [2.05, 4.69) is 0 Å². The van der Waals surface area contributed by atoms with Crippen LogP contribution in [0.3, 0.4) is 0 Å². The largest absolute Gasteiger partial charge is 0.457 e. The minimum Gasteiger partial charge on any atom is -0.457 e. The van der Waals surface area contributed by atoms with Crippen LogP contribution in [0.5, 0.6) is 11.5 Å². The second-order valence-corrected chi connectivity index (χ2v) is 5.05. The zero-order chi connectivity index (χ0) is 15.4. The summed E-state index contributed by atoms with van der Waals surface area (Å²) in [6.07, 6.45) is 0. The molecule has 0 unspecified atom stereocenters. The van der Waals surface area contributed by atoms with Gasteiger partial charge >= 0.3 is 0 Å². The van der Waals surface area contributed by atoms with Crippen molar-refractivity contribution in [1.82, 2.24) is 0 Å². The van der Waals surface area contributed by atoms with Crippen LogP contribution in [0.25, 0.3) is 11.1 Å². The highest BCUT2D eigenvalue weighted by Crippen LogP contribution is 2.33. The topological polar surface area (TPSA) is 26.3 Å². The fourth-order valence-corrected chi connectivity index (χ4v) is 2.32. The average Bonchev–Trinajstić information content (AvgIpc) is 2.56. The molecule has 0 aliphatic heterocycles. The number of ether oxygens (including phenoxy) is 1. The molecular weight excluding hydrogens is 272 g/mol. The van der Waals surface area contributed by atoms with Crippen LogP contribution in [0.2, 0.25) is 0 Å². The smallest absolute Gasteiger partial charge is 0.159 e. The Balaban J connectivity index is 1.97. The summed E-state index contributed by atoms with van der Waals surface area (Å²) in [6, 6.07) is 25.2. The summed E-state index contributed by atoms with van der Waals surface area (Å²) in [4.78, 5) is 11.5. The minimum absolute atomic E-state index is 0.0294. The predicted molar refractivity (Wildman–Crippen MR) is 88.4 cm³/mol. The fraction of sp³-hybridized carbons (Fsp3) is 0.0500. The predicted octanol–water partition coefficient (Wildman–Crippen LogP) is 5.35. The molecule has 0 amide bonds. The quantitative estimate of drug-likeness (QED) is 0.605. The molecule has 0 N–H and O–H groups in total. The van der Waals surface area contributed by atoms with Crippen molar-refractivity contribution < 1.29 is 9.53 Å². The second kappa shape index (κ2) is 6.27. The molecule has 108 valence electrons. The summed E-state index contributed by atoms with van der Waals surface area (Å²) >= 11 is 0. The first-order chi connectivity index (χ1) is 10.7. The van der Waals surface area contributed by atoms with Crippen molar-refractivity contribution in [1.29, 1.82) is 0 Å². The highest BCUT2D eigenvalue weighted by molar-refractivity contribution is 5.94. The fourth-order valence-electron chi connectivity index (χ4n) is 2.32. The van der Waals surface area contributed by atoms with Crippen LogP contribution in [0.15, 0.2) is 78.9 Å². The van der Waals surface area contributed by atoms with Gasteiger partial charge in [0.2, 0.25) is 0 Å². The number of hydrogen-bond acceptors (Lipinski definition) is 2. The van der Waals surface area contributed by atoms with E-state index in [-0.39, 0.29) is 5.78 Å². The van der Waals surface area contributed by atoms with E-state index in [0.29, 0.717) is 11.3 Å². The van der Waals surface area contributed by atoms with Crippen LogP contribution in [0, 0.1) is 0 Å². The van der Waals surface area contributed by atoms with Crippen LogP contribution in [-0.4, -0.2) is 5.78 Å². The number of Topliss-reactive ketones (excluding diaryl/α,β-unsaturated/α-hetero) is 1. The first kappa shape index (κ1) is 14.1. The monoisotopic (exact) mass is 288 g/mol. The van der Waals surface area contributed by atoms with E-state index in [1.807, 2.05) is 66.7 Å². The number of carbonyl (C=O) groups is 1. The Kier molecular flexibility index (Phi) is 4.01. The van der Waals surface area contributed by atoms with Crippen molar-refractivity contribution in [3.8, 4) is 22.6 Å². The number of ketones is 1. The summed E-state index contributed by atoms with van der Waals surface area (Å²) in [5.74, 6) is 1.47. The van der Waals surface area contributed by atoms with Crippen LogP contribution in [-0.2, 0) is 0 Å². The number of carbonyl (C=O) groups excluding carboxylic acids is 1. The first-order valence-corrected chi connectivity index (χ1v) is 7.17. The molecule has 0 aliphatic carbocycles. The third-order valence-corrected chi connectivity index (χ3v) is 3.44. The molecule has 0 spiro atoms. The Hall–Kier alpha value is -2.87. The van der Waals surface area contributed by atoms with Crippen molar-refractivity contribution in [2.45, 2.75) is 6.92 Å². The van der Waals surface area contributed by atoms with Crippen LogP contribution in [0.1, 0.15) is 17.3 Å². The molecule has 0 saturated carbocycles. The molecule has 0 aromatic heterocycles. The maximum absolute atomic E-state index is 11.5. The Morgan fingerprint density at radius 2 is 1.55 bits per heavy atom. The summed E-state index contributed by atoms with van der Waals surface area (Å²) in [5, 5.41) is 0. The van der Waals surface area contributed by atoms with Crippen molar-refractivity contribution in [2.75, 3.05) is 0 Å². The molecule has 3 aromatic rings.